The van der Waals surface area contributed by atoms with E-state index in [0.717, 1.165) is 0 Å². The summed E-state index contributed by atoms with van der Waals surface area (Å²) in [6, 6.07) is 4.66. The van der Waals surface area contributed by atoms with Gasteiger partial charge in [0.15, 0.2) is 5.78 Å². The van der Waals surface area contributed by atoms with Gasteiger partial charge in [-0.25, -0.2) is 4.39 Å². The molecule has 1 amide bonds. The van der Waals surface area contributed by atoms with Gasteiger partial charge < -0.3 is 21.9 Å². The average molecular weight is 410 g/mol. The first-order valence-corrected chi connectivity index (χ1v) is 9.82. The van der Waals surface area contributed by atoms with E-state index in [0.29, 0.717) is 12.0 Å². The van der Waals surface area contributed by atoms with Gasteiger partial charge in [0.25, 0.3) is 0 Å². The second-order valence-corrected chi connectivity index (χ2v) is 7.55. The van der Waals surface area contributed by atoms with E-state index in [9.17, 15) is 23.9 Å². The van der Waals surface area contributed by atoms with Crippen LogP contribution in [0.25, 0.3) is 0 Å². The van der Waals surface area contributed by atoms with E-state index < -0.39 is 35.7 Å². The smallest absolute Gasteiger partial charge is 0.226 e. The molecule has 0 heterocycles. The first kappa shape index (κ1) is 24.9. The third-order valence-corrected chi connectivity index (χ3v) is 4.92. The number of nitrogens with one attached hydrogen (secondary N) is 1. The molecule has 0 aliphatic carbocycles. The van der Waals surface area contributed by atoms with Gasteiger partial charge in [-0.1, -0.05) is 26.0 Å². The molecular weight excluding hydrogens is 377 g/mol. The number of hydrogen-bond acceptors (Lipinski definition) is 6. The van der Waals surface area contributed by atoms with E-state index in [4.69, 9.17) is 11.5 Å². The quantitative estimate of drug-likeness (QED) is 0.405. The molecule has 0 aliphatic heterocycles. The Morgan fingerprint density at radius 3 is 2.14 bits per heavy atom. The number of Topliss-reactive ketones (excluding diaryl/α,β-unsaturated/α-hetero) is 2. The second kappa shape index (κ2) is 11.7. The summed E-state index contributed by atoms with van der Waals surface area (Å²) in [5, 5.41) is 12.6. The molecule has 0 radical (unpaired) electrons. The Kier molecular flexibility index (Phi) is 10.1. The Bertz CT molecular complexity index is 692. The van der Waals surface area contributed by atoms with Crippen LogP contribution in [0.3, 0.4) is 0 Å². The van der Waals surface area contributed by atoms with Crippen LogP contribution < -0.4 is 16.8 Å². The lowest BCUT2D eigenvalue weighted by atomic mass is 9.85. The van der Waals surface area contributed by atoms with E-state index in [-0.39, 0.29) is 37.0 Å². The van der Waals surface area contributed by atoms with Crippen molar-refractivity contribution >= 4 is 17.5 Å². The highest BCUT2D eigenvalue weighted by Crippen LogP contribution is 2.25. The van der Waals surface area contributed by atoms with Crippen molar-refractivity contribution in [3.05, 3.63) is 35.6 Å². The fourth-order valence-electron chi connectivity index (χ4n) is 3.14. The molecule has 1 aromatic carbocycles. The van der Waals surface area contributed by atoms with Gasteiger partial charge >= 0.3 is 0 Å². The molecule has 0 saturated carbocycles. The van der Waals surface area contributed by atoms with Gasteiger partial charge in [0.05, 0.1) is 18.1 Å². The van der Waals surface area contributed by atoms with Crippen molar-refractivity contribution in [1.82, 2.24) is 5.32 Å². The van der Waals surface area contributed by atoms with Crippen LogP contribution in [0.2, 0.25) is 0 Å². The zero-order valence-electron chi connectivity index (χ0n) is 17.2. The predicted octanol–water partition coefficient (Wildman–Crippen LogP) is 0.883. The number of aliphatic hydroxyl groups excluding tert-OH is 1. The van der Waals surface area contributed by atoms with Crippen molar-refractivity contribution in [2.24, 2.45) is 23.3 Å². The molecule has 1 rings (SSSR count). The molecule has 8 heteroatoms. The molecule has 0 spiro atoms. The fraction of sp³-hybridized carbons (Fsp3) is 0.571. The lowest BCUT2D eigenvalue weighted by Gasteiger charge is -2.25. The summed E-state index contributed by atoms with van der Waals surface area (Å²) in [7, 11) is 0. The molecule has 6 N–H and O–H groups in total. The molecule has 4 atom stereocenters. The van der Waals surface area contributed by atoms with E-state index in [1.165, 1.54) is 31.2 Å². The topological polar surface area (TPSA) is 136 Å². The van der Waals surface area contributed by atoms with Gasteiger partial charge in [-0.2, -0.15) is 0 Å². The minimum absolute atomic E-state index is 0.0748. The minimum Gasteiger partial charge on any atom is -0.393 e. The standard InChI is InChI=1S/C21H32FN3O4/c1-12(2)20(28)18(11-24)25-21(29)17(13(3)26)10-19(27)16(8-9-23)14-4-6-15(22)7-5-14/h4-7,12-13,16-18,26H,8-11,23-24H2,1-3H3,(H,25,29)/t13?,16?,17-,18-/m0/s1. The molecule has 0 fully saturated rings. The summed E-state index contributed by atoms with van der Waals surface area (Å²) in [5.41, 5.74) is 11.8. The van der Waals surface area contributed by atoms with Crippen molar-refractivity contribution in [3.8, 4) is 0 Å². The number of aliphatic hydroxyl groups is 1. The highest BCUT2D eigenvalue weighted by Gasteiger charge is 2.32. The van der Waals surface area contributed by atoms with Crippen molar-refractivity contribution in [2.75, 3.05) is 13.1 Å². The number of amides is 1. The van der Waals surface area contributed by atoms with Crippen molar-refractivity contribution < 1.29 is 23.9 Å². The second-order valence-electron chi connectivity index (χ2n) is 7.55. The van der Waals surface area contributed by atoms with Crippen LogP contribution in [0.15, 0.2) is 24.3 Å². The van der Waals surface area contributed by atoms with Crippen molar-refractivity contribution in [1.29, 1.82) is 0 Å². The number of nitrogens with two attached hydrogens (primary N) is 2. The molecule has 0 bridgehead atoms. The lowest BCUT2D eigenvalue weighted by Crippen LogP contribution is -2.51. The molecule has 29 heavy (non-hydrogen) atoms. The summed E-state index contributed by atoms with van der Waals surface area (Å²) < 4.78 is 13.2. The first-order valence-electron chi connectivity index (χ1n) is 9.82. The maximum absolute atomic E-state index is 13.2. The zero-order chi connectivity index (χ0) is 22.1. The predicted molar refractivity (Wildman–Crippen MR) is 108 cm³/mol. The Hall–Kier alpha value is -2.16. The van der Waals surface area contributed by atoms with Crippen LogP contribution in [0.4, 0.5) is 4.39 Å². The van der Waals surface area contributed by atoms with Gasteiger partial charge in [-0.3, -0.25) is 14.4 Å². The summed E-state index contributed by atoms with van der Waals surface area (Å²) in [5.74, 6) is -3.51. The monoisotopic (exact) mass is 409 g/mol. The Morgan fingerprint density at radius 2 is 1.69 bits per heavy atom. The average Bonchev–Trinajstić information content (AvgIpc) is 2.67. The Morgan fingerprint density at radius 1 is 1.10 bits per heavy atom. The Balaban J connectivity index is 2.97. The highest BCUT2D eigenvalue weighted by atomic mass is 19.1. The van der Waals surface area contributed by atoms with E-state index in [1.54, 1.807) is 13.8 Å². The maximum atomic E-state index is 13.2. The van der Waals surface area contributed by atoms with Crippen molar-refractivity contribution in [3.63, 3.8) is 0 Å². The molecule has 1 aromatic rings. The molecule has 7 nitrogen and oxygen atoms in total. The number of halogens is 1. The van der Waals surface area contributed by atoms with Gasteiger partial charge in [0.2, 0.25) is 5.91 Å². The van der Waals surface area contributed by atoms with Crippen molar-refractivity contribution in [2.45, 2.75) is 51.7 Å². The van der Waals surface area contributed by atoms with Crippen LogP contribution in [-0.4, -0.2) is 47.8 Å². The summed E-state index contributed by atoms with van der Waals surface area (Å²) in [6.45, 7) is 4.97. The number of hydrogen-bond donors (Lipinski definition) is 4. The molecule has 0 aliphatic rings. The third-order valence-electron chi connectivity index (χ3n) is 4.92. The van der Waals surface area contributed by atoms with E-state index in [1.807, 2.05) is 0 Å². The van der Waals surface area contributed by atoms with Crippen LogP contribution in [-0.2, 0) is 14.4 Å². The number of rotatable bonds is 12. The summed E-state index contributed by atoms with van der Waals surface area (Å²) >= 11 is 0. The van der Waals surface area contributed by atoms with E-state index in [2.05, 4.69) is 5.32 Å². The number of carbonyl (C=O) groups is 3. The SMILES string of the molecule is CC(C)C(=O)[C@H](CN)NC(=O)[C@@H](CC(=O)C(CCN)c1ccc(F)cc1)C(C)O. The van der Waals surface area contributed by atoms with Crippen LogP contribution in [0, 0.1) is 17.7 Å². The highest BCUT2D eigenvalue weighted by molar-refractivity contribution is 5.94. The third kappa shape index (κ3) is 7.30. The number of ketones is 2. The fourth-order valence-corrected chi connectivity index (χ4v) is 3.14. The van der Waals surface area contributed by atoms with Gasteiger partial charge in [-0.15, -0.1) is 0 Å². The Labute approximate surface area is 171 Å². The summed E-state index contributed by atoms with van der Waals surface area (Å²) in [6.07, 6.45) is -1.02. The summed E-state index contributed by atoms with van der Waals surface area (Å²) in [4.78, 5) is 37.7. The van der Waals surface area contributed by atoms with Crippen LogP contribution in [0.1, 0.15) is 45.1 Å². The normalized spacial score (nSPS) is 15.4. The molecule has 0 saturated heterocycles. The molecule has 162 valence electrons. The van der Waals surface area contributed by atoms with Crippen LogP contribution >= 0.6 is 0 Å². The zero-order valence-corrected chi connectivity index (χ0v) is 17.2. The maximum Gasteiger partial charge on any atom is 0.226 e. The minimum atomic E-state index is -1.11. The van der Waals surface area contributed by atoms with Gasteiger partial charge in [0, 0.05) is 24.8 Å². The largest absolute Gasteiger partial charge is 0.393 e. The number of carbonyl (C=O) groups excluding carboxylic acids is 3. The van der Waals surface area contributed by atoms with Gasteiger partial charge in [-0.05, 0) is 37.6 Å². The first-order chi connectivity index (χ1) is 13.6. The van der Waals surface area contributed by atoms with Gasteiger partial charge in [0.1, 0.15) is 11.6 Å². The van der Waals surface area contributed by atoms with E-state index >= 15 is 0 Å². The molecule has 2 unspecified atom stereocenters. The number of benzene rings is 1. The molecule has 0 aromatic heterocycles. The lowest BCUT2D eigenvalue weighted by molar-refractivity contribution is -0.136. The van der Waals surface area contributed by atoms with Crippen LogP contribution in [0.5, 0.6) is 0 Å². The molecular formula is C21H32FN3O4.